The first kappa shape index (κ1) is 23.4. The Kier molecular flexibility index (Phi) is 7.11. The maximum atomic E-state index is 13.0. The molecule has 4 rings (SSSR count). The average Bonchev–Trinajstić information content (AvgIpc) is 3.17. The van der Waals surface area contributed by atoms with E-state index in [1.165, 1.54) is 0 Å². The molecule has 3 aromatic rings. The molecule has 1 aromatic heterocycles. The Balaban J connectivity index is 1.40. The minimum Gasteiger partial charge on any atom is -0.387 e. The molecule has 0 saturated carbocycles. The van der Waals surface area contributed by atoms with E-state index in [0.29, 0.717) is 30.9 Å². The zero-order valence-electron chi connectivity index (χ0n) is 18.8. The normalized spacial score (nSPS) is 16.1. The quantitative estimate of drug-likeness (QED) is 0.526. The first-order chi connectivity index (χ1) is 15.9. The van der Waals surface area contributed by atoms with Gasteiger partial charge in [0, 0.05) is 39.5 Å². The number of amides is 1. The molecule has 0 bridgehead atoms. The second-order valence-corrected chi connectivity index (χ2v) is 10.4. The molecule has 1 fully saturated rings. The van der Waals surface area contributed by atoms with Gasteiger partial charge >= 0.3 is 0 Å². The van der Waals surface area contributed by atoms with Crippen molar-refractivity contribution < 1.29 is 18.3 Å². The van der Waals surface area contributed by atoms with Gasteiger partial charge in [-0.05, 0) is 36.6 Å². The molecular formula is C24H30N4O4S. The van der Waals surface area contributed by atoms with Crippen LogP contribution in [-0.2, 0) is 28.3 Å². The third-order valence-corrected chi connectivity index (χ3v) is 8.04. The van der Waals surface area contributed by atoms with Crippen LogP contribution < -0.4 is 5.32 Å². The maximum Gasteiger partial charge on any atom is 0.243 e. The summed E-state index contributed by atoms with van der Waals surface area (Å²) >= 11 is 0. The van der Waals surface area contributed by atoms with Crippen molar-refractivity contribution in [3.63, 3.8) is 0 Å². The molecule has 2 heterocycles. The lowest BCUT2D eigenvalue weighted by Crippen LogP contribution is -2.35. The summed E-state index contributed by atoms with van der Waals surface area (Å²) in [5.74, 6) is 0.529. The Bertz CT molecular complexity index is 1220. The number of sulfonamides is 1. The highest BCUT2D eigenvalue weighted by atomic mass is 32.2. The van der Waals surface area contributed by atoms with Crippen molar-refractivity contribution in [2.24, 2.45) is 7.05 Å². The van der Waals surface area contributed by atoms with E-state index in [9.17, 15) is 18.3 Å². The van der Waals surface area contributed by atoms with E-state index >= 15 is 0 Å². The number of carbonyl (C=O) groups excluding carboxylic acids is 1. The van der Waals surface area contributed by atoms with Crippen LogP contribution in [0.3, 0.4) is 0 Å². The standard InChI is InChI=1S/C24H30N4O4S/c1-27-21-11-10-19(33(31,32)28-14-6-3-7-15-28)16-20(21)26-23(27)12-13-24(30)25-17-22(29)18-8-4-2-5-9-18/h2,4-5,8-11,16,22,29H,3,6-7,12-15,17H2,1H3,(H,25,30). The Morgan fingerprint density at radius 2 is 1.85 bits per heavy atom. The zero-order valence-corrected chi connectivity index (χ0v) is 19.6. The number of nitrogens with zero attached hydrogens (tertiary/aromatic N) is 3. The highest BCUT2D eigenvalue weighted by Gasteiger charge is 2.26. The lowest BCUT2D eigenvalue weighted by molar-refractivity contribution is -0.121. The molecule has 1 amide bonds. The number of fused-ring (bicyclic) bond motifs is 1. The molecule has 176 valence electrons. The monoisotopic (exact) mass is 470 g/mol. The first-order valence-corrected chi connectivity index (χ1v) is 12.8. The molecular weight excluding hydrogens is 440 g/mol. The third kappa shape index (κ3) is 5.26. The minimum atomic E-state index is -3.52. The summed E-state index contributed by atoms with van der Waals surface area (Å²) in [7, 11) is -1.66. The van der Waals surface area contributed by atoms with Gasteiger partial charge in [-0.2, -0.15) is 4.31 Å². The Morgan fingerprint density at radius 3 is 2.58 bits per heavy atom. The van der Waals surface area contributed by atoms with Crippen molar-refractivity contribution in [2.45, 2.75) is 43.1 Å². The molecule has 9 heteroatoms. The number of aliphatic hydroxyl groups excluding tert-OH is 1. The average molecular weight is 471 g/mol. The van der Waals surface area contributed by atoms with Gasteiger partial charge in [0.15, 0.2) is 0 Å². The van der Waals surface area contributed by atoms with Gasteiger partial charge < -0.3 is 15.0 Å². The van der Waals surface area contributed by atoms with Crippen molar-refractivity contribution >= 4 is 27.0 Å². The van der Waals surface area contributed by atoms with E-state index < -0.39 is 16.1 Å². The van der Waals surface area contributed by atoms with E-state index in [1.807, 2.05) is 41.9 Å². The van der Waals surface area contributed by atoms with Crippen LogP contribution >= 0.6 is 0 Å². The molecule has 8 nitrogen and oxygen atoms in total. The topological polar surface area (TPSA) is 105 Å². The highest BCUT2D eigenvalue weighted by molar-refractivity contribution is 7.89. The first-order valence-electron chi connectivity index (χ1n) is 11.3. The summed E-state index contributed by atoms with van der Waals surface area (Å²) in [5, 5.41) is 13.0. The molecule has 2 aromatic carbocycles. The molecule has 33 heavy (non-hydrogen) atoms. The van der Waals surface area contributed by atoms with Gasteiger partial charge in [0.05, 0.1) is 22.0 Å². The Hall–Kier alpha value is -2.75. The molecule has 1 atom stereocenters. The van der Waals surface area contributed by atoms with Gasteiger partial charge in [0.25, 0.3) is 0 Å². The summed E-state index contributed by atoms with van der Waals surface area (Å²) in [6.07, 6.45) is 2.71. The number of carbonyl (C=O) groups is 1. The molecule has 1 unspecified atom stereocenters. The third-order valence-electron chi connectivity index (χ3n) is 6.15. The summed E-state index contributed by atoms with van der Waals surface area (Å²) in [4.78, 5) is 17.2. The van der Waals surface area contributed by atoms with Crippen molar-refractivity contribution in [1.29, 1.82) is 0 Å². The fourth-order valence-corrected chi connectivity index (χ4v) is 5.72. The van der Waals surface area contributed by atoms with Crippen molar-refractivity contribution in [1.82, 2.24) is 19.2 Å². The Labute approximate surface area is 194 Å². The van der Waals surface area contributed by atoms with Crippen LogP contribution in [-0.4, -0.2) is 52.9 Å². The second kappa shape index (κ2) is 10.0. The number of piperidine rings is 1. The van der Waals surface area contributed by atoms with Crippen LogP contribution in [0.4, 0.5) is 0 Å². The number of aliphatic hydroxyl groups is 1. The van der Waals surface area contributed by atoms with Gasteiger partial charge in [0.2, 0.25) is 15.9 Å². The number of hydrogen-bond donors (Lipinski definition) is 2. The summed E-state index contributed by atoms with van der Waals surface area (Å²) in [6, 6.07) is 14.2. The van der Waals surface area contributed by atoms with Crippen LogP contribution in [0, 0.1) is 0 Å². The number of aromatic nitrogens is 2. The smallest absolute Gasteiger partial charge is 0.243 e. The predicted molar refractivity (Wildman–Crippen MR) is 126 cm³/mol. The van der Waals surface area contributed by atoms with Gasteiger partial charge in [-0.1, -0.05) is 36.8 Å². The van der Waals surface area contributed by atoms with E-state index in [-0.39, 0.29) is 23.8 Å². The van der Waals surface area contributed by atoms with Gasteiger partial charge in [-0.3, -0.25) is 4.79 Å². The molecule has 0 aliphatic carbocycles. The molecule has 2 N–H and O–H groups in total. The second-order valence-electron chi connectivity index (χ2n) is 8.43. The van der Waals surface area contributed by atoms with Crippen LogP contribution in [0.15, 0.2) is 53.4 Å². The van der Waals surface area contributed by atoms with E-state index in [4.69, 9.17) is 0 Å². The fraction of sp³-hybridized carbons (Fsp3) is 0.417. The predicted octanol–water partition coefficient (Wildman–Crippen LogP) is 2.53. The summed E-state index contributed by atoms with van der Waals surface area (Å²) in [6.45, 7) is 1.26. The van der Waals surface area contributed by atoms with Crippen molar-refractivity contribution in [3.8, 4) is 0 Å². The lowest BCUT2D eigenvalue weighted by Gasteiger charge is -2.25. The molecule has 0 radical (unpaired) electrons. The Morgan fingerprint density at radius 1 is 1.12 bits per heavy atom. The number of imidazole rings is 1. The number of aryl methyl sites for hydroxylation is 2. The van der Waals surface area contributed by atoms with Gasteiger partial charge in [0.1, 0.15) is 5.82 Å². The van der Waals surface area contributed by atoms with Crippen LogP contribution in [0.25, 0.3) is 11.0 Å². The van der Waals surface area contributed by atoms with Crippen molar-refractivity contribution in [3.05, 3.63) is 59.9 Å². The van der Waals surface area contributed by atoms with Gasteiger partial charge in [-0.25, -0.2) is 13.4 Å². The fourth-order valence-electron chi connectivity index (χ4n) is 4.19. The maximum absolute atomic E-state index is 13.0. The number of hydrogen-bond acceptors (Lipinski definition) is 5. The number of nitrogens with one attached hydrogen (secondary N) is 1. The SMILES string of the molecule is Cn1c(CCC(=O)NCC(O)c2ccccc2)nc2cc(S(=O)(=O)N3CCCCC3)ccc21. The summed E-state index contributed by atoms with van der Waals surface area (Å²) < 4.78 is 29.4. The van der Waals surface area contributed by atoms with E-state index in [2.05, 4.69) is 10.3 Å². The van der Waals surface area contributed by atoms with Crippen LogP contribution in [0.5, 0.6) is 0 Å². The number of rotatable bonds is 8. The van der Waals surface area contributed by atoms with E-state index in [0.717, 1.165) is 30.3 Å². The minimum absolute atomic E-state index is 0.142. The molecule has 1 aliphatic heterocycles. The highest BCUT2D eigenvalue weighted by Crippen LogP contribution is 2.25. The molecule has 0 spiro atoms. The van der Waals surface area contributed by atoms with Crippen molar-refractivity contribution in [2.75, 3.05) is 19.6 Å². The van der Waals surface area contributed by atoms with E-state index in [1.54, 1.807) is 22.5 Å². The zero-order chi connectivity index (χ0) is 23.4. The largest absolute Gasteiger partial charge is 0.387 e. The molecule has 1 aliphatic rings. The van der Waals surface area contributed by atoms with Crippen LogP contribution in [0.1, 0.15) is 43.2 Å². The van der Waals surface area contributed by atoms with Gasteiger partial charge in [-0.15, -0.1) is 0 Å². The molecule has 1 saturated heterocycles. The van der Waals surface area contributed by atoms with Crippen LogP contribution in [0.2, 0.25) is 0 Å². The lowest BCUT2D eigenvalue weighted by atomic mass is 10.1. The summed E-state index contributed by atoms with van der Waals surface area (Å²) in [5.41, 5.74) is 2.18. The number of benzene rings is 2.